The molecular formula is C31H23N. The van der Waals surface area contributed by atoms with Crippen LogP contribution >= 0.6 is 0 Å². The number of para-hydroxylation sites is 2. The van der Waals surface area contributed by atoms with Gasteiger partial charge in [0.15, 0.2) is 0 Å². The van der Waals surface area contributed by atoms with Crippen molar-refractivity contribution in [2.45, 2.75) is 6.92 Å². The molecule has 0 saturated carbocycles. The van der Waals surface area contributed by atoms with Crippen molar-refractivity contribution in [1.82, 2.24) is 4.57 Å². The molecule has 0 atom stereocenters. The minimum atomic E-state index is 1.18. The molecule has 0 radical (unpaired) electrons. The molecule has 0 unspecified atom stereocenters. The Kier molecular flexibility index (Phi) is 4.40. The zero-order valence-corrected chi connectivity index (χ0v) is 18.0. The lowest BCUT2D eigenvalue weighted by Crippen LogP contribution is -1.95. The van der Waals surface area contributed by atoms with E-state index in [1.54, 1.807) is 0 Å². The molecule has 6 aromatic rings. The highest BCUT2D eigenvalue weighted by Crippen LogP contribution is 2.43. The largest absolute Gasteiger partial charge is 0.309 e. The average molecular weight is 410 g/mol. The van der Waals surface area contributed by atoms with Crippen LogP contribution in [0.3, 0.4) is 0 Å². The van der Waals surface area contributed by atoms with E-state index >= 15 is 0 Å². The Balaban J connectivity index is 1.84. The number of rotatable bonds is 3. The van der Waals surface area contributed by atoms with Crippen LogP contribution in [0.25, 0.3) is 49.7 Å². The molecule has 5 aromatic carbocycles. The Morgan fingerprint density at radius 1 is 0.531 bits per heavy atom. The van der Waals surface area contributed by atoms with Crippen LogP contribution in [0.4, 0.5) is 0 Å². The van der Waals surface area contributed by atoms with Crippen LogP contribution in [0.15, 0.2) is 121 Å². The van der Waals surface area contributed by atoms with E-state index < -0.39 is 0 Å². The highest BCUT2D eigenvalue weighted by atomic mass is 15.0. The second kappa shape index (κ2) is 7.55. The molecule has 1 aromatic heterocycles. The third-order valence-electron chi connectivity index (χ3n) is 6.24. The SMILES string of the molecule is Cc1cccc(-c2ccc(-c3ccccc3)c3c2c2ccccc2n3-c2ccccc2)c1. The standard InChI is InChI=1S/C31H23N/c1-22-11-10-14-24(21-22)26-19-20-27(23-12-4-2-5-13-23)31-30(26)28-17-8-9-18-29(28)32(31)25-15-6-3-7-16-25/h2-21H,1H3. The molecule has 0 amide bonds. The topological polar surface area (TPSA) is 4.93 Å². The second-order valence-electron chi connectivity index (χ2n) is 8.31. The molecule has 0 spiro atoms. The van der Waals surface area contributed by atoms with E-state index in [2.05, 4.69) is 133 Å². The fourth-order valence-electron chi connectivity index (χ4n) is 4.85. The minimum absolute atomic E-state index is 1.18. The van der Waals surface area contributed by atoms with Crippen LogP contribution < -0.4 is 0 Å². The van der Waals surface area contributed by atoms with E-state index in [1.807, 2.05) is 0 Å². The number of benzene rings is 5. The van der Waals surface area contributed by atoms with Crippen molar-refractivity contribution in [3.8, 4) is 27.9 Å². The van der Waals surface area contributed by atoms with Crippen molar-refractivity contribution in [2.24, 2.45) is 0 Å². The summed E-state index contributed by atoms with van der Waals surface area (Å²) >= 11 is 0. The summed E-state index contributed by atoms with van der Waals surface area (Å²) in [5, 5.41) is 2.58. The van der Waals surface area contributed by atoms with Crippen LogP contribution in [0.2, 0.25) is 0 Å². The summed E-state index contributed by atoms with van der Waals surface area (Å²) in [6.45, 7) is 2.16. The van der Waals surface area contributed by atoms with Crippen molar-refractivity contribution in [2.75, 3.05) is 0 Å². The van der Waals surface area contributed by atoms with Gasteiger partial charge in [-0.05, 0) is 41.8 Å². The van der Waals surface area contributed by atoms with E-state index in [4.69, 9.17) is 0 Å². The molecule has 0 aliphatic rings. The summed E-state index contributed by atoms with van der Waals surface area (Å²) < 4.78 is 2.42. The molecule has 1 heteroatoms. The number of hydrogen-bond donors (Lipinski definition) is 0. The van der Waals surface area contributed by atoms with E-state index in [9.17, 15) is 0 Å². The molecule has 0 bridgehead atoms. The van der Waals surface area contributed by atoms with Crippen LogP contribution in [0.1, 0.15) is 5.56 Å². The third kappa shape index (κ3) is 2.94. The normalized spacial score (nSPS) is 11.3. The molecule has 0 fully saturated rings. The van der Waals surface area contributed by atoms with Gasteiger partial charge in [0, 0.05) is 22.0 Å². The first-order valence-electron chi connectivity index (χ1n) is 11.1. The quantitative estimate of drug-likeness (QED) is 0.276. The first-order valence-corrected chi connectivity index (χ1v) is 11.1. The molecule has 0 saturated heterocycles. The molecule has 0 aliphatic carbocycles. The zero-order valence-electron chi connectivity index (χ0n) is 18.0. The first-order chi connectivity index (χ1) is 15.8. The second-order valence-corrected chi connectivity index (χ2v) is 8.31. The lowest BCUT2D eigenvalue weighted by Gasteiger charge is -2.14. The van der Waals surface area contributed by atoms with Gasteiger partial charge in [-0.25, -0.2) is 0 Å². The fraction of sp³-hybridized carbons (Fsp3) is 0.0323. The summed E-state index contributed by atoms with van der Waals surface area (Å²) in [6.07, 6.45) is 0. The van der Waals surface area contributed by atoms with E-state index in [-0.39, 0.29) is 0 Å². The molecule has 152 valence electrons. The Morgan fingerprint density at radius 3 is 1.97 bits per heavy atom. The van der Waals surface area contributed by atoms with Crippen molar-refractivity contribution >= 4 is 21.8 Å². The van der Waals surface area contributed by atoms with E-state index in [0.717, 1.165) is 0 Å². The monoisotopic (exact) mass is 409 g/mol. The zero-order chi connectivity index (χ0) is 21.5. The van der Waals surface area contributed by atoms with E-state index in [0.29, 0.717) is 0 Å². The average Bonchev–Trinajstić information content (AvgIpc) is 3.20. The maximum absolute atomic E-state index is 2.42. The number of fused-ring (bicyclic) bond motifs is 3. The summed E-state index contributed by atoms with van der Waals surface area (Å²) in [6, 6.07) is 43.6. The van der Waals surface area contributed by atoms with Crippen molar-refractivity contribution < 1.29 is 0 Å². The number of nitrogens with zero attached hydrogens (tertiary/aromatic N) is 1. The Morgan fingerprint density at radius 2 is 1.19 bits per heavy atom. The highest BCUT2D eigenvalue weighted by Gasteiger charge is 2.19. The molecule has 6 rings (SSSR count). The molecular weight excluding hydrogens is 386 g/mol. The van der Waals surface area contributed by atoms with Gasteiger partial charge in [0.05, 0.1) is 11.0 Å². The van der Waals surface area contributed by atoms with Crippen LogP contribution in [-0.4, -0.2) is 4.57 Å². The third-order valence-corrected chi connectivity index (χ3v) is 6.24. The van der Waals surface area contributed by atoms with E-state index in [1.165, 1.54) is 55.3 Å². The minimum Gasteiger partial charge on any atom is -0.309 e. The van der Waals surface area contributed by atoms with Crippen molar-refractivity contribution in [3.63, 3.8) is 0 Å². The van der Waals surface area contributed by atoms with Gasteiger partial charge in [-0.15, -0.1) is 0 Å². The van der Waals surface area contributed by atoms with Crippen LogP contribution in [-0.2, 0) is 0 Å². The fourth-order valence-corrected chi connectivity index (χ4v) is 4.85. The summed E-state index contributed by atoms with van der Waals surface area (Å²) in [5.74, 6) is 0. The predicted octanol–water partition coefficient (Wildman–Crippen LogP) is 8.43. The molecule has 1 heterocycles. The molecule has 32 heavy (non-hydrogen) atoms. The molecule has 0 N–H and O–H groups in total. The Hall–Kier alpha value is -4.10. The van der Waals surface area contributed by atoms with Crippen LogP contribution in [0, 0.1) is 6.92 Å². The lowest BCUT2D eigenvalue weighted by atomic mass is 9.94. The number of hydrogen-bond acceptors (Lipinski definition) is 0. The Labute approximate surface area is 188 Å². The van der Waals surface area contributed by atoms with Gasteiger partial charge in [0.2, 0.25) is 0 Å². The van der Waals surface area contributed by atoms with Gasteiger partial charge in [-0.1, -0.05) is 109 Å². The maximum atomic E-state index is 2.42. The molecule has 1 nitrogen and oxygen atoms in total. The predicted molar refractivity (Wildman–Crippen MR) is 136 cm³/mol. The van der Waals surface area contributed by atoms with Gasteiger partial charge in [0.25, 0.3) is 0 Å². The van der Waals surface area contributed by atoms with Crippen molar-refractivity contribution in [3.05, 3.63) is 127 Å². The van der Waals surface area contributed by atoms with Crippen LogP contribution in [0.5, 0.6) is 0 Å². The molecule has 0 aliphatic heterocycles. The smallest absolute Gasteiger partial charge is 0.0625 e. The van der Waals surface area contributed by atoms with Gasteiger partial charge in [-0.2, -0.15) is 0 Å². The number of aryl methyl sites for hydroxylation is 1. The van der Waals surface area contributed by atoms with Gasteiger partial charge >= 0.3 is 0 Å². The van der Waals surface area contributed by atoms with Crippen molar-refractivity contribution in [1.29, 1.82) is 0 Å². The maximum Gasteiger partial charge on any atom is 0.0625 e. The van der Waals surface area contributed by atoms with Gasteiger partial charge in [0.1, 0.15) is 0 Å². The lowest BCUT2D eigenvalue weighted by molar-refractivity contribution is 1.18. The summed E-state index contributed by atoms with van der Waals surface area (Å²) in [4.78, 5) is 0. The Bertz CT molecular complexity index is 1560. The first kappa shape index (κ1) is 18.7. The summed E-state index contributed by atoms with van der Waals surface area (Å²) in [7, 11) is 0. The summed E-state index contributed by atoms with van der Waals surface area (Å²) in [5.41, 5.74) is 9.94. The van der Waals surface area contributed by atoms with Gasteiger partial charge in [-0.3, -0.25) is 0 Å². The number of aromatic nitrogens is 1. The highest BCUT2D eigenvalue weighted by molar-refractivity contribution is 6.19. The van der Waals surface area contributed by atoms with Gasteiger partial charge < -0.3 is 4.57 Å².